The molecule has 0 radical (unpaired) electrons. The van der Waals surface area contributed by atoms with Gasteiger partial charge >= 0.3 is 0 Å². The van der Waals surface area contributed by atoms with E-state index in [9.17, 15) is 19.4 Å². The molecule has 0 aliphatic carbocycles. The van der Waals surface area contributed by atoms with Crippen molar-refractivity contribution >= 4 is 13.7 Å². The molecule has 0 aromatic heterocycles. The summed E-state index contributed by atoms with van der Waals surface area (Å²) in [6.07, 6.45) is 67.0. The van der Waals surface area contributed by atoms with Crippen LogP contribution in [0.25, 0.3) is 0 Å². The van der Waals surface area contributed by atoms with Crippen LogP contribution in [0.3, 0.4) is 0 Å². The number of phosphoric acid groups is 1. The minimum atomic E-state index is -4.59. The second-order valence-corrected chi connectivity index (χ2v) is 23.8. The summed E-state index contributed by atoms with van der Waals surface area (Å²) >= 11 is 0. The number of quaternary nitrogens is 1. The summed E-state index contributed by atoms with van der Waals surface area (Å²) in [5, 5.41) is 13.9. The number of hydrogen-bond donors (Lipinski definition) is 2. The highest BCUT2D eigenvalue weighted by Crippen LogP contribution is 2.38. The maximum Gasteiger partial charge on any atom is 0.268 e. The lowest BCUT2D eigenvalue weighted by molar-refractivity contribution is -0.870. The van der Waals surface area contributed by atoms with E-state index in [2.05, 4.69) is 31.3 Å². The number of unbranched alkanes of at least 4 members (excludes halogenated alkanes) is 42. The number of carbonyl (C=O) groups excluding carboxylic acids is 1. The zero-order valence-electron chi connectivity index (χ0n) is 47.5. The first-order chi connectivity index (χ1) is 34.0. The van der Waals surface area contributed by atoms with Crippen LogP contribution in [0.4, 0.5) is 0 Å². The third kappa shape index (κ3) is 54.7. The van der Waals surface area contributed by atoms with Gasteiger partial charge in [-0.1, -0.05) is 282 Å². The van der Waals surface area contributed by atoms with E-state index in [0.717, 1.165) is 38.5 Å². The molecule has 0 aromatic rings. The third-order valence-corrected chi connectivity index (χ3v) is 15.1. The topological polar surface area (TPSA) is 108 Å². The number of nitrogens with zero attached hydrogens (tertiary/aromatic N) is 1. The van der Waals surface area contributed by atoms with Crippen molar-refractivity contribution in [1.82, 2.24) is 5.32 Å². The van der Waals surface area contributed by atoms with Gasteiger partial charge in [0.25, 0.3) is 7.82 Å². The quantitative estimate of drug-likeness (QED) is 0.0272. The zero-order chi connectivity index (χ0) is 51.3. The van der Waals surface area contributed by atoms with E-state index in [1.807, 2.05) is 27.2 Å². The molecule has 0 fully saturated rings. The van der Waals surface area contributed by atoms with E-state index in [-0.39, 0.29) is 19.1 Å². The number of aliphatic hydroxyl groups excluding tert-OH is 1. The van der Waals surface area contributed by atoms with Crippen LogP contribution in [-0.2, 0) is 18.4 Å². The van der Waals surface area contributed by atoms with Gasteiger partial charge in [-0.3, -0.25) is 9.36 Å². The number of hydrogen-bond acceptors (Lipinski definition) is 6. The molecule has 3 unspecified atom stereocenters. The lowest BCUT2D eigenvalue weighted by atomic mass is 10.0. The Balaban J connectivity index is 4.05. The second-order valence-electron chi connectivity index (χ2n) is 22.4. The van der Waals surface area contributed by atoms with E-state index < -0.39 is 20.0 Å². The smallest absolute Gasteiger partial charge is 0.268 e. The number of allylic oxidation sites excluding steroid dienone is 3. The van der Waals surface area contributed by atoms with Gasteiger partial charge in [-0.2, -0.15) is 0 Å². The predicted octanol–water partition coefficient (Wildman–Crippen LogP) is 18.1. The number of rotatable bonds is 57. The molecule has 2 N–H and O–H groups in total. The SMILES string of the molecule is CCCCCCCCCC/C=C\CCCCCCCCCCCCCCCCCCCCCC(=O)NC(COP(=O)([O-])OCC[N+](C)(C)C)C(O)/C=C/CCCCCCCCCCCCCCCCC. The molecule has 0 rings (SSSR count). The van der Waals surface area contributed by atoms with Gasteiger partial charge in [-0.15, -0.1) is 0 Å². The molecule has 0 heterocycles. The molecule has 0 saturated carbocycles. The number of aliphatic hydroxyl groups is 1. The summed E-state index contributed by atoms with van der Waals surface area (Å²) in [6, 6.07) is -0.883. The first-order valence-corrected chi connectivity index (χ1v) is 32.2. The molecular formula is C61H121N2O6P. The van der Waals surface area contributed by atoms with Crippen molar-refractivity contribution in [3.05, 3.63) is 24.3 Å². The van der Waals surface area contributed by atoms with Crippen molar-refractivity contribution < 1.29 is 32.9 Å². The summed E-state index contributed by atoms with van der Waals surface area (Å²) in [6.45, 7) is 4.69. The van der Waals surface area contributed by atoms with Crippen LogP contribution in [0.15, 0.2) is 24.3 Å². The molecule has 0 aliphatic rings. The molecule has 70 heavy (non-hydrogen) atoms. The van der Waals surface area contributed by atoms with E-state index in [1.165, 1.54) is 250 Å². The normalized spacial score (nSPS) is 14.0. The van der Waals surface area contributed by atoms with Crippen LogP contribution in [0.1, 0.15) is 309 Å². The van der Waals surface area contributed by atoms with Crippen molar-refractivity contribution in [2.75, 3.05) is 40.9 Å². The fourth-order valence-corrected chi connectivity index (χ4v) is 10.1. The molecule has 0 spiro atoms. The fraction of sp³-hybridized carbons (Fsp3) is 0.918. The highest BCUT2D eigenvalue weighted by Gasteiger charge is 2.23. The highest BCUT2D eigenvalue weighted by molar-refractivity contribution is 7.45. The first-order valence-electron chi connectivity index (χ1n) is 30.7. The fourth-order valence-electron chi connectivity index (χ4n) is 9.33. The Morgan fingerprint density at radius 2 is 0.786 bits per heavy atom. The second kappa shape index (κ2) is 52.8. The number of nitrogens with one attached hydrogen (secondary N) is 1. The summed E-state index contributed by atoms with van der Waals surface area (Å²) in [4.78, 5) is 25.5. The van der Waals surface area contributed by atoms with Crippen molar-refractivity contribution in [3.8, 4) is 0 Å². The van der Waals surface area contributed by atoms with Crippen molar-refractivity contribution in [2.24, 2.45) is 0 Å². The Hall–Kier alpha value is -1.02. The molecule has 1 amide bonds. The van der Waals surface area contributed by atoms with E-state index in [0.29, 0.717) is 17.4 Å². The largest absolute Gasteiger partial charge is 0.756 e. The van der Waals surface area contributed by atoms with Crippen molar-refractivity contribution in [1.29, 1.82) is 0 Å². The highest BCUT2D eigenvalue weighted by atomic mass is 31.2. The number of amides is 1. The summed E-state index contributed by atoms with van der Waals surface area (Å²) < 4.78 is 23.4. The average Bonchev–Trinajstić information content (AvgIpc) is 3.32. The zero-order valence-corrected chi connectivity index (χ0v) is 48.4. The van der Waals surface area contributed by atoms with Crippen LogP contribution >= 0.6 is 7.82 Å². The van der Waals surface area contributed by atoms with Gasteiger partial charge < -0.3 is 28.8 Å². The van der Waals surface area contributed by atoms with Gasteiger partial charge in [0.2, 0.25) is 5.91 Å². The molecular weight excluding hydrogens is 888 g/mol. The Morgan fingerprint density at radius 1 is 0.486 bits per heavy atom. The molecule has 8 nitrogen and oxygen atoms in total. The Morgan fingerprint density at radius 3 is 1.11 bits per heavy atom. The molecule has 416 valence electrons. The molecule has 3 atom stereocenters. The van der Waals surface area contributed by atoms with Crippen LogP contribution < -0.4 is 10.2 Å². The lowest BCUT2D eigenvalue weighted by Crippen LogP contribution is -2.45. The van der Waals surface area contributed by atoms with Gasteiger partial charge in [-0.25, -0.2) is 0 Å². The molecule has 9 heteroatoms. The number of phosphoric ester groups is 1. The van der Waals surface area contributed by atoms with E-state index in [1.54, 1.807) is 6.08 Å². The average molecular weight is 1010 g/mol. The van der Waals surface area contributed by atoms with Crippen LogP contribution in [0.5, 0.6) is 0 Å². The minimum Gasteiger partial charge on any atom is -0.756 e. The van der Waals surface area contributed by atoms with Crippen LogP contribution in [0, 0.1) is 0 Å². The standard InChI is InChI=1S/C61H121N2O6P/c1-6-8-10-12-14-16-18-20-22-24-25-26-27-28-29-30-31-32-33-34-35-36-37-39-41-43-45-47-49-51-53-55-61(65)62-59(58-69-70(66,67)68-57-56-63(3,4)5)60(64)54-52-50-48-46-44-42-40-38-23-21-19-17-15-13-11-9-7-2/h24-25,52,54,59-60,64H,6-23,26-51,53,55-58H2,1-5H3,(H-,62,65,66,67)/b25-24-,54-52+. The Kier molecular flexibility index (Phi) is 52.1. The van der Waals surface area contributed by atoms with E-state index in [4.69, 9.17) is 9.05 Å². The Labute approximate surface area is 436 Å². The number of carbonyl (C=O) groups is 1. The van der Waals surface area contributed by atoms with Crippen molar-refractivity contribution in [2.45, 2.75) is 321 Å². The molecule has 0 bridgehead atoms. The van der Waals surface area contributed by atoms with Gasteiger partial charge in [0.1, 0.15) is 13.2 Å². The first kappa shape index (κ1) is 69.0. The van der Waals surface area contributed by atoms with Gasteiger partial charge in [0, 0.05) is 6.42 Å². The maximum absolute atomic E-state index is 13.0. The van der Waals surface area contributed by atoms with Crippen LogP contribution in [0.2, 0.25) is 0 Å². The maximum atomic E-state index is 13.0. The van der Waals surface area contributed by atoms with Gasteiger partial charge in [-0.05, 0) is 44.9 Å². The molecule has 0 aliphatic heterocycles. The molecule has 0 saturated heterocycles. The van der Waals surface area contributed by atoms with E-state index >= 15 is 0 Å². The predicted molar refractivity (Wildman–Crippen MR) is 302 cm³/mol. The lowest BCUT2D eigenvalue weighted by Gasteiger charge is -2.29. The summed E-state index contributed by atoms with van der Waals surface area (Å²) in [7, 11) is 1.28. The van der Waals surface area contributed by atoms with Gasteiger partial charge in [0.15, 0.2) is 0 Å². The monoisotopic (exact) mass is 1010 g/mol. The summed E-state index contributed by atoms with van der Waals surface area (Å²) in [5.41, 5.74) is 0. The van der Waals surface area contributed by atoms with Crippen molar-refractivity contribution in [3.63, 3.8) is 0 Å². The Bertz CT molecular complexity index is 1190. The third-order valence-electron chi connectivity index (χ3n) is 14.2. The minimum absolute atomic E-state index is 0.00162. The van der Waals surface area contributed by atoms with Crippen LogP contribution in [-0.4, -0.2) is 68.5 Å². The summed E-state index contributed by atoms with van der Waals surface area (Å²) in [5.74, 6) is -0.191. The molecule has 0 aromatic carbocycles. The van der Waals surface area contributed by atoms with Gasteiger partial charge in [0.05, 0.1) is 39.9 Å². The number of likely N-dealkylation sites (N-methyl/N-ethyl adjacent to an activating group) is 1.